The molecule has 1 fully saturated rings. The minimum Gasteiger partial charge on any atom is -0.389 e. The van der Waals surface area contributed by atoms with Crippen molar-refractivity contribution in [2.75, 3.05) is 19.6 Å². The number of rotatable bonds is 5. The molecule has 0 aromatic rings. The number of carbonyl (C=O) groups excluding carboxylic acids is 1. The fourth-order valence-electron chi connectivity index (χ4n) is 2.44. The number of nitrogens with one attached hydrogen (secondary N) is 2. The lowest BCUT2D eigenvalue weighted by Crippen LogP contribution is -2.45. The second-order valence-electron chi connectivity index (χ2n) is 5.09. The number of hydrogen-bond donors (Lipinski definition) is 3. The van der Waals surface area contributed by atoms with Crippen molar-refractivity contribution in [1.29, 1.82) is 0 Å². The molecule has 0 saturated heterocycles. The third kappa shape index (κ3) is 4.94. The maximum atomic E-state index is 10.6. The summed E-state index contributed by atoms with van der Waals surface area (Å²) < 4.78 is 0. The van der Waals surface area contributed by atoms with Crippen molar-refractivity contribution in [1.82, 2.24) is 10.6 Å². The Morgan fingerprint density at radius 1 is 1.50 bits per heavy atom. The predicted octanol–water partition coefficient (Wildman–Crippen LogP) is 0.653. The highest BCUT2D eigenvalue weighted by molar-refractivity contribution is 5.72. The molecule has 0 spiro atoms. The molecule has 1 aliphatic rings. The van der Waals surface area contributed by atoms with Gasteiger partial charge in [0.15, 0.2) is 0 Å². The first kappa shape index (κ1) is 13.5. The van der Waals surface area contributed by atoms with Gasteiger partial charge in [-0.3, -0.25) is 4.79 Å². The SMILES string of the molecule is CC(=O)NCCNCC1(O)CCCC(C)C1. The number of carbonyl (C=O) groups is 1. The molecule has 0 heterocycles. The summed E-state index contributed by atoms with van der Waals surface area (Å²) in [6.07, 6.45) is 4.13. The molecule has 2 atom stereocenters. The molecule has 0 bridgehead atoms. The van der Waals surface area contributed by atoms with Crippen LogP contribution < -0.4 is 10.6 Å². The first-order chi connectivity index (χ1) is 7.52. The van der Waals surface area contributed by atoms with E-state index in [2.05, 4.69) is 17.6 Å². The van der Waals surface area contributed by atoms with Crippen LogP contribution in [0.5, 0.6) is 0 Å². The molecule has 1 aliphatic carbocycles. The standard InChI is InChI=1S/C12H24N2O2/c1-10-4-3-5-12(16,8-10)9-13-6-7-14-11(2)15/h10,13,16H,3-9H2,1-2H3,(H,14,15). The van der Waals surface area contributed by atoms with Gasteiger partial charge in [-0.15, -0.1) is 0 Å². The van der Waals surface area contributed by atoms with Crippen LogP contribution >= 0.6 is 0 Å². The van der Waals surface area contributed by atoms with Crippen molar-refractivity contribution in [2.24, 2.45) is 5.92 Å². The first-order valence-corrected chi connectivity index (χ1v) is 6.19. The highest BCUT2D eigenvalue weighted by Crippen LogP contribution is 2.31. The molecule has 4 nitrogen and oxygen atoms in total. The van der Waals surface area contributed by atoms with Crippen LogP contribution in [0.25, 0.3) is 0 Å². The Labute approximate surface area is 97.8 Å². The van der Waals surface area contributed by atoms with Gasteiger partial charge < -0.3 is 15.7 Å². The molecule has 1 rings (SSSR count). The van der Waals surface area contributed by atoms with Gasteiger partial charge in [-0.1, -0.05) is 19.8 Å². The fourth-order valence-corrected chi connectivity index (χ4v) is 2.44. The molecule has 0 aliphatic heterocycles. The summed E-state index contributed by atoms with van der Waals surface area (Å²) in [5.74, 6) is 0.614. The number of hydrogen-bond acceptors (Lipinski definition) is 3. The van der Waals surface area contributed by atoms with E-state index in [1.54, 1.807) is 0 Å². The van der Waals surface area contributed by atoms with E-state index >= 15 is 0 Å². The Morgan fingerprint density at radius 3 is 2.88 bits per heavy atom. The second-order valence-corrected chi connectivity index (χ2v) is 5.09. The van der Waals surface area contributed by atoms with E-state index in [4.69, 9.17) is 0 Å². The van der Waals surface area contributed by atoms with Crippen LogP contribution in [0.15, 0.2) is 0 Å². The van der Waals surface area contributed by atoms with Gasteiger partial charge in [0, 0.05) is 26.6 Å². The van der Waals surface area contributed by atoms with Crippen LogP contribution in [0.2, 0.25) is 0 Å². The lowest BCUT2D eigenvalue weighted by atomic mass is 9.79. The molecule has 0 aromatic heterocycles. The summed E-state index contributed by atoms with van der Waals surface area (Å²) in [5, 5.41) is 16.2. The van der Waals surface area contributed by atoms with Gasteiger partial charge in [-0.2, -0.15) is 0 Å². The zero-order chi connectivity index (χ0) is 12.0. The molecule has 3 N–H and O–H groups in total. The zero-order valence-corrected chi connectivity index (χ0v) is 10.4. The highest BCUT2D eigenvalue weighted by atomic mass is 16.3. The minimum atomic E-state index is -0.534. The smallest absolute Gasteiger partial charge is 0.216 e. The Bertz CT molecular complexity index is 233. The summed E-state index contributed by atoms with van der Waals surface area (Å²) >= 11 is 0. The van der Waals surface area contributed by atoms with Crippen molar-refractivity contribution in [2.45, 2.75) is 45.1 Å². The average molecular weight is 228 g/mol. The average Bonchev–Trinajstić information content (AvgIpc) is 2.16. The normalized spacial score (nSPS) is 30.1. The lowest BCUT2D eigenvalue weighted by Gasteiger charge is -2.35. The molecule has 4 heteroatoms. The van der Waals surface area contributed by atoms with Crippen LogP contribution in [0.3, 0.4) is 0 Å². The van der Waals surface area contributed by atoms with Crippen LogP contribution in [-0.4, -0.2) is 36.2 Å². The molecular formula is C12H24N2O2. The number of aliphatic hydroxyl groups is 1. The maximum absolute atomic E-state index is 10.6. The van der Waals surface area contributed by atoms with Gasteiger partial charge in [0.05, 0.1) is 5.60 Å². The highest BCUT2D eigenvalue weighted by Gasteiger charge is 2.31. The Morgan fingerprint density at radius 2 is 2.25 bits per heavy atom. The van der Waals surface area contributed by atoms with Gasteiger partial charge in [0.25, 0.3) is 0 Å². The second kappa shape index (κ2) is 6.21. The lowest BCUT2D eigenvalue weighted by molar-refractivity contribution is -0.118. The fraction of sp³-hybridized carbons (Fsp3) is 0.917. The third-order valence-electron chi connectivity index (χ3n) is 3.20. The summed E-state index contributed by atoms with van der Waals surface area (Å²) in [6.45, 7) is 5.69. The van der Waals surface area contributed by atoms with Gasteiger partial charge in [0.2, 0.25) is 5.91 Å². The van der Waals surface area contributed by atoms with Gasteiger partial charge >= 0.3 is 0 Å². The molecule has 0 aromatic carbocycles. The Hall–Kier alpha value is -0.610. The van der Waals surface area contributed by atoms with Crippen molar-refractivity contribution >= 4 is 5.91 Å². The summed E-state index contributed by atoms with van der Waals surface area (Å²) in [5.41, 5.74) is -0.534. The van der Waals surface area contributed by atoms with Crippen LogP contribution in [0, 0.1) is 5.92 Å². The topological polar surface area (TPSA) is 61.4 Å². The van der Waals surface area contributed by atoms with Crippen molar-refractivity contribution in [3.63, 3.8) is 0 Å². The van der Waals surface area contributed by atoms with Crippen molar-refractivity contribution in [3.05, 3.63) is 0 Å². The monoisotopic (exact) mass is 228 g/mol. The van der Waals surface area contributed by atoms with E-state index in [1.165, 1.54) is 13.3 Å². The van der Waals surface area contributed by atoms with Crippen molar-refractivity contribution in [3.8, 4) is 0 Å². The predicted molar refractivity (Wildman–Crippen MR) is 64.1 cm³/mol. The molecule has 2 unspecified atom stereocenters. The zero-order valence-electron chi connectivity index (χ0n) is 10.4. The first-order valence-electron chi connectivity index (χ1n) is 6.19. The van der Waals surface area contributed by atoms with Crippen LogP contribution in [0.4, 0.5) is 0 Å². The van der Waals surface area contributed by atoms with Gasteiger partial charge in [-0.05, 0) is 18.8 Å². The van der Waals surface area contributed by atoms with E-state index in [0.29, 0.717) is 19.0 Å². The molecule has 0 radical (unpaired) electrons. The number of amides is 1. The van der Waals surface area contributed by atoms with Crippen molar-refractivity contribution < 1.29 is 9.90 Å². The summed E-state index contributed by atoms with van der Waals surface area (Å²) in [6, 6.07) is 0. The molecule has 94 valence electrons. The summed E-state index contributed by atoms with van der Waals surface area (Å²) in [4.78, 5) is 10.6. The quantitative estimate of drug-likeness (QED) is 0.606. The Balaban J connectivity index is 2.13. The molecular weight excluding hydrogens is 204 g/mol. The minimum absolute atomic E-state index is 0.00759. The van der Waals surface area contributed by atoms with Gasteiger partial charge in [0.1, 0.15) is 0 Å². The maximum Gasteiger partial charge on any atom is 0.216 e. The van der Waals surface area contributed by atoms with E-state index in [-0.39, 0.29) is 5.91 Å². The van der Waals surface area contributed by atoms with Gasteiger partial charge in [-0.25, -0.2) is 0 Å². The largest absolute Gasteiger partial charge is 0.389 e. The Kier molecular flexibility index (Phi) is 5.22. The summed E-state index contributed by atoms with van der Waals surface area (Å²) in [7, 11) is 0. The molecule has 16 heavy (non-hydrogen) atoms. The van der Waals surface area contributed by atoms with Crippen LogP contribution in [0.1, 0.15) is 39.5 Å². The molecule has 1 saturated carbocycles. The van der Waals surface area contributed by atoms with E-state index in [0.717, 1.165) is 25.8 Å². The van der Waals surface area contributed by atoms with E-state index in [1.807, 2.05) is 0 Å². The van der Waals surface area contributed by atoms with Crippen LogP contribution in [-0.2, 0) is 4.79 Å². The molecule has 1 amide bonds. The van der Waals surface area contributed by atoms with E-state index < -0.39 is 5.60 Å². The third-order valence-corrected chi connectivity index (χ3v) is 3.20. The van der Waals surface area contributed by atoms with E-state index in [9.17, 15) is 9.90 Å².